The van der Waals surface area contributed by atoms with Crippen molar-refractivity contribution in [3.05, 3.63) is 40.9 Å². The maximum absolute atomic E-state index is 11.3. The lowest BCUT2D eigenvalue weighted by molar-refractivity contribution is -0.118. The average Bonchev–Trinajstić information content (AvgIpc) is 2.43. The number of nitrogen functional groups attached to an aromatic ring is 1. The largest absolute Gasteiger partial charge is 0.481 e. The second kappa shape index (κ2) is 5.18. The van der Waals surface area contributed by atoms with Crippen molar-refractivity contribution in [3.63, 3.8) is 0 Å². The Hall–Kier alpha value is -2.40. The quantitative estimate of drug-likeness (QED) is 0.834. The zero-order valence-corrected chi connectivity index (χ0v) is 12.0. The van der Waals surface area contributed by atoms with E-state index in [2.05, 4.69) is 5.32 Å². The molecule has 1 aliphatic rings. The maximum atomic E-state index is 11.3. The monoisotopic (exact) mass is 304 g/mol. The fourth-order valence-corrected chi connectivity index (χ4v) is 2.29. The van der Waals surface area contributed by atoms with E-state index in [4.69, 9.17) is 26.8 Å². The predicted molar refractivity (Wildman–Crippen MR) is 81.2 cm³/mol. The van der Waals surface area contributed by atoms with Crippen LogP contribution in [0.25, 0.3) is 0 Å². The molecule has 0 saturated carbocycles. The van der Waals surface area contributed by atoms with E-state index in [1.165, 1.54) is 0 Å². The minimum absolute atomic E-state index is 0.0174. The first-order valence-corrected chi connectivity index (χ1v) is 6.71. The van der Waals surface area contributed by atoms with Gasteiger partial charge in [-0.2, -0.15) is 0 Å². The predicted octanol–water partition coefficient (Wildman–Crippen LogP) is 3.35. The second-order valence-electron chi connectivity index (χ2n) is 4.76. The van der Waals surface area contributed by atoms with E-state index in [1.807, 2.05) is 13.0 Å². The number of nitrogens with two attached hydrogens (primary N) is 1. The molecule has 0 aliphatic carbocycles. The van der Waals surface area contributed by atoms with Crippen LogP contribution in [0.5, 0.6) is 17.2 Å². The smallest absolute Gasteiger partial charge is 0.262 e. The Morgan fingerprint density at radius 2 is 2.10 bits per heavy atom. The number of carbonyl (C=O) groups is 1. The van der Waals surface area contributed by atoms with Crippen LogP contribution < -0.4 is 20.5 Å². The molecule has 108 valence electrons. The van der Waals surface area contributed by atoms with Crippen molar-refractivity contribution in [1.29, 1.82) is 0 Å². The van der Waals surface area contributed by atoms with Crippen LogP contribution in [0.4, 0.5) is 11.4 Å². The molecule has 0 spiro atoms. The molecule has 1 amide bonds. The Bertz CT molecular complexity index is 731. The topological polar surface area (TPSA) is 73.6 Å². The van der Waals surface area contributed by atoms with Crippen molar-refractivity contribution >= 4 is 28.9 Å². The molecule has 3 N–H and O–H groups in total. The lowest BCUT2D eigenvalue weighted by Crippen LogP contribution is -2.25. The molecule has 0 radical (unpaired) electrons. The van der Waals surface area contributed by atoms with Gasteiger partial charge in [-0.25, -0.2) is 0 Å². The molecule has 0 bridgehead atoms. The number of benzene rings is 2. The number of hydrogen-bond donors (Lipinski definition) is 2. The third-order valence-corrected chi connectivity index (χ3v) is 3.35. The van der Waals surface area contributed by atoms with Gasteiger partial charge in [0.25, 0.3) is 5.91 Å². The molecule has 0 atom stereocenters. The molecular weight excluding hydrogens is 292 g/mol. The van der Waals surface area contributed by atoms with Gasteiger partial charge < -0.3 is 20.5 Å². The Labute approximate surface area is 126 Å². The highest BCUT2D eigenvalue weighted by Gasteiger charge is 2.19. The van der Waals surface area contributed by atoms with E-state index in [9.17, 15) is 4.79 Å². The molecule has 21 heavy (non-hydrogen) atoms. The summed E-state index contributed by atoms with van der Waals surface area (Å²) in [6.45, 7) is 1.92. The highest BCUT2D eigenvalue weighted by molar-refractivity contribution is 6.32. The summed E-state index contributed by atoms with van der Waals surface area (Å²) in [6.07, 6.45) is 0. The van der Waals surface area contributed by atoms with Crippen LogP contribution in [-0.4, -0.2) is 12.5 Å². The summed E-state index contributed by atoms with van der Waals surface area (Å²) < 4.78 is 11.0. The highest BCUT2D eigenvalue weighted by atomic mass is 35.5. The number of amides is 1. The average molecular weight is 305 g/mol. The first kappa shape index (κ1) is 13.6. The molecule has 6 heteroatoms. The standard InChI is InChI=1S/C15H13ClN2O3/c1-8-2-3-12(9(16)4-8)21-13-6-11-14(5-10(13)17)20-7-15(19)18-11/h2-6H,7,17H2,1H3,(H,18,19). The number of ether oxygens (including phenoxy) is 2. The van der Waals surface area contributed by atoms with Gasteiger partial charge in [0.2, 0.25) is 0 Å². The van der Waals surface area contributed by atoms with Gasteiger partial charge in [0.05, 0.1) is 16.4 Å². The number of fused-ring (bicyclic) bond motifs is 1. The van der Waals surface area contributed by atoms with Gasteiger partial charge >= 0.3 is 0 Å². The van der Waals surface area contributed by atoms with Crippen LogP contribution in [0.2, 0.25) is 5.02 Å². The van der Waals surface area contributed by atoms with E-state index < -0.39 is 0 Å². The molecule has 1 heterocycles. The van der Waals surface area contributed by atoms with Gasteiger partial charge in [-0.15, -0.1) is 0 Å². The van der Waals surface area contributed by atoms with Crippen molar-refractivity contribution in [1.82, 2.24) is 0 Å². The highest BCUT2D eigenvalue weighted by Crippen LogP contribution is 2.39. The van der Waals surface area contributed by atoms with E-state index in [-0.39, 0.29) is 12.5 Å². The first-order chi connectivity index (χ1) is 10.0. The van der Waals surface area contributed by atoms with Crippen LogP contribution in [0, 0.1) is 6.92 Å². The summed E-state index contributed by atoms with van der Waals surface area (Å²) in [7, 11) is 0. The van der Waals surface area contributed by atoms with Crippen LogP contribution in [-0.2, 0) is 4.79 Å². The summed E-state index contributed by atoms with van der Waals surface area (Å²) in [5.74, 6) is 1.21. The lowest BCUT2D eigenvalue weighted by atomic mass is 10.2. The number of aryl methyl sites for hydroxylation is 1. The van der Waals surface area contributed by atoms with Crippen LogP contribution in [0.1, 0.15) is 5.56 Å². The molecule has 0 fully saturated rings. The zero-order valence-electron chi connectivity index (χ0n) is 11.3. The SMILES string of the molecule is Cc1ccc(Oc2cc3c(cc2N)OCC(=O)N3)c(Cl)c1. The molecular formula is C15H13ClN2O3. The number of rotatable bonds is 2. The zero-order chi connectivity index (χ0) is 15.0. The molecule has 2 aromatic carbocycles. The minimum Gasteiger partial charge on any atom is -0.481 e. The Morgan fingerprint density at radius 3 is 2.86 bits per heavy atom. The summed E-state index contributed by atoms with van der Waals surface area (Å²) >= 11 is 6.14. The molecule has 3 rings (SSSR count). The Morgan fingerprint density at radius 1 is 1.29 bits per heavy atom. The van der Waals surface area contributed by atoms with Gasteiger partial charge in [-0.3, -0.25) is 4.79 Å². The lowest BCUT2D eigenvalue weighted by Gasteiger charge is -2.20. The van der Waals surface area contributed by atoms with Crippen molar-refractivity contribution < 1.29 is 14.3 Å². The van der Waals surface area contributed by atoms with Crippen LogP contribution in [0.3, 0.4) is 0 Å². The van der Waals surface area contributed by atoms with Gasteiger partial charge in [0.1, 0.15) is 11.5 Å². The number of nitrogens with one attached hydrogen (secondary N) is 1. The van der Waals surface area contributed by atoms with Crippen molar-refractivity contribution in [2.75, 3.05) is 17.7 Å². The Balaban J connectivity index is 1.95. The van der Waals surface area contributed by atoms with Gasteiger partial charge in [0.15, 0.2) is 12.4 Å². The molecule has 0 saturated heterocycles. The van der Waals surface area contributed by atoms with E-state index in [0.717, 1.165) is 5.56 Å². The van der Waals surface area contributed by atoms with Crippen LogP contribution >= 0.6 is 11.6 Å². The normalized spacial score (nSPS) is 13.1. The molecule has 1 aliphatic heterocycles. The Kier molecular flexibility index (Phi) is 3.35. The molecule has 2 aromatic rings. The molecule has 0 unspecified atom stereocenters. The van der Waals surface area contributed by atoms with E-state index in [0.29, 0.717) is 33.6 Å². The van der Waals surface area contributed by atoms with E-state index >= 15 is 0 Å². The summed E-state index contributed by atoms with van der Waals surface area (Å²) in [6, 6.07) is 8.70. The number of carbonyl (C=O) groups excluding carboxylic acids is 1. The summed E-state index contributed by atoms with van der Waals surface area (Å²) in [5, 5.41) is 3.20. The molecule has 0 aromatic heterocycles. The first-order valence-electron chi connectivity index (χ1n) is 6.33. The van der Waals surface area contributed by atoms with Gasteiger partial charge in [0, 0.05) is 12.1 Å². The van der Waals surface area contributed by atoms with Crippen molar-refractivity contribution in [3.8, 4) is 17.2 Å². The van der Waals surface area contributed by atoms with E-state index in [1.54, 1.807) is 24.3 Å². The second-order valence-corrected chi connectivity index (χ2v) is 5.17. The number of anilines is 2. The van der Waals surface area contributed by atoms with Gasteiger partial charge in [-0.05, 0) is 24.6 Å². The fraction of sp³-hybridized carbons (Fsp3) is 0.133. The number of hydrogen-bond acceptors (Lipinski definition) is 4. The fourth-order valence-electron chi connectivity index (χ4n) is 2.02. The summed E-state index contributed by atoms with van der Waals surface area (Å²) in [5.41, 5.74) is 7.91. The maximum Gasteiger partial charge on any atom is 0.262 e. The van der Waals surface area contributed by atoms with Crippen molar-refractivity contribution in [2.24, 2.45) is 0 Å². The van der Waals surface area contributed by atoms with Crippen LogP contribution in [0.15, 0.2) is 30.3 Å². The summed E-state index contributed by atoms with van der Waals surface area (Å²) in [4.78, 5) is 11.3. The third-order valence-electron chi connectivity index (χ3n) is 3.05. The number of halogens is 1. The van der Waals surface area contributed by atoms with Crippen molar-refractivity contribution in [2.45, 2.75) is 6.92 Å². The minimum atomic E-state index is -0.216. The van der Waals surface area contributed by atoms with Gasteiger partial charge in [-0.1, -0.05) is 17.7 Å². The molecule has 5 nitrogen and oxygen atoms in total. The third kappa shape index (κ3) is 2.73.